The first-order valence-electron chi connectivity index (χ1n) is 7.77. The molecule has 1 unspecified atom stereocenters. The Kier molecular flexibility index (Phi) is 10.6. The summed E-state index contributed by atoms with van der Waals surface area (Å²) in [7, 11) is 0. The number of halogens is 2. The van der Waals surface area contributed by atoms with Crippen LogP contribution in [0.25, 0.3) is 0 Å². The molecule has 0 spiro atoms. The maximum absolute atomic E-state index is 13.4. The summed E-state index contributed by atoms with van der Waals surface area (Å²) in [5.74, 6) is -1.25. The minimum absolute atomic E-state index is 0.291. The predicted octanol–water partition coefficient (Wildman–Crippen LogP) is 4.56. The van der Waals surface area contributed by atoms with Gasteiger partial charge in [-0.1, -0.05) is 58.3 Å². The highest BCUT2D eigenvalue weighted by Gasteiger charge is 2.31. The number of nitrogens with one attached hydrogen (secondary N) is 1. The van der Waals surface area contributed by atoms with Gasteiger partial charge < -0.3 is 5.11 Å². The van der Waals surface area contributed by atoms with Crippen molar-refractivity contribution in [2.75, 3.05) is 0 Å². The largest absolute Gasteiger partial charge is 0.480 e. The lowest BCUT2D eigenvalue weighted by Crippen LogP contribution is -2.46. The summed E-state index contributed by atoms with van der Waals surface area (Å²) >= 11 is 0. The van der Waals surface area contributed by atoms with Gasteiger partial charge in [0.15, 0.2) is 0 Å². The molecule has 0 rings (SSSR count). The molecular formula is C15H29F2NO2. The fraction of sp³-hybridized carbons (Fsp3) is 0.933. The Hall–Kier alpha value is -0.710. The molecule has 0 fully saturated rings. The second kappa shape index (κ2) is 11.0. The van der Waals surface area contributed by atoms with E-state index < -0.39 is 18.1 Å². The lowest BCUT2D eigenvalue weighted by atomic mass is 10.1. The van der Waals surface area contributed by atoms with E-state index in [9.17, 15) is 13.6 Å². The lowest BCUT2D eigenvalue weighted by Gasteiger charge is -2.20. The summed E-state index contributed by atoms with van der Waals surface area (Å²) in [4.78, 5) is 10.5. The van der Waals surface area contributed by atoms with E-state index in [1.54, 1.807) is 0 Å². The van der Waals surface area contributed by atoms with Crippen LogP contribution in [0.4, 0.5) is 8.78 Å². The van der Waals surface area contributed by atoms with Crippen molar-refractivity contribution in [3.8, 4) is 0 Å². The Bertz CT molecular complexity index is 260. The third kappa shape index (κ3) is 11.1. The predicted molar refractivity (Wildman–Crippen MR) is 77.0 cm³/mol. The van der Waals surface area contributed by atoms with Crippen molar-refractivity contribution in [3.63, 3.8) is 0 Å². The minimum Gasteiger partial charge on any atom is -0.480 e. The average Bonchev–Trinajstić information content (AvgIpc) is 2.36. The van der Waals surface area contributed by atoms with Crippen LogP contribution in [0.2, 0.25) is 0 Å². The summed E-state index contributed by atoms with van der Waals surface area (Å²) in [6, 6.07) is -4.30. The molecule has 120 valence electrons. The number of hydrogen-bond acceptors (Lipinski definition) is 2. The van der Waals surface area contributed by atoms with E-state index in [2.05, 4.69) is 6.92 Å². The molecule has 0 aromatic carbocycles. The second-order valence-corrected chi connectivity index (χ2v) is 5.49. The molecule has 0 aromatic rings. The molecule has 0 saturated carbocycles. The van der Waals surface area contributed by atoms with E-state index in [1.807, 2.05) is 5.32 Å². The van der Waals surface area contributed by atoms with Crippen LogP contribution >= 0.6 is 0 Å². The Morgan fingerprint density at radius 2 is 1.50 bits per heavy atom. The zero-order chi connectivity index (χ0) is 15.4. The van der Waals surface area contributed by atoms with Crippen molar-refractivity contribution >= 4 is 5.97 Å². The van der Waals surface area contributed by atoms with Crippen molar-refractivity contribution in [2.45, 2.75) is 90.1 Å². The maximum atomic E-state index is 13.4. The van der Waals surface area contributed by atoms with Crippen LogP contribution < -0.4 is 5.32 Å². The third-order valence-corrected chi connectivity index (χ3v) is 3.39. The van der Waals surface area contributed by atoms with Crippen molar-refractivity contribution < 1.29 is 18.7 Å². The first-order valence-corrected chi connectivity index (χ1v) is 7.77. The monoisotopic (exact) mass is 293 g/mol. The lowest BCUT2D eigenvalue weighted by molar-refractivity contribution is -0.143. The summed E-state index contributed by atoms with van der Waals surface area (Å²) in [5, 5.41) is 10.4. The average molecular weight is 293 g/mol. The normalized spacial score (nSPS) is 13.4. The number of rotatable bonds is 13. The van der Waals surface area contributed by atoms with Crippen LogP contribution in [0.3, 0.4) is 0 Å². The van der Waals surface area contributed by atoms with Crippen molar-refractivity contribution in [3.05, 3.63) is 0 Å². The van der Waals surface area contributed by atoms with Crippen LogP contribution in [0.1, 0.15) is 78.1 Å². The quantitative estimate of drug-likeness (QED) is 0.386. The number of alkyl halides is 2. The van der Waals surface area contributed by atoms with E-state index in [0.717, 1.165) is 19.3 Å². The highest BCUT2D eigenvalue weighted by Crippen LogP contribution is 2.20. The van der Waals surface area contributed by atoms with Gasteiger partial charge in [-0.2, -0.15) is 8.78 Å². The number of aliphatic carboxylic acids is 1. The van der Waals surface area contributed by atoms with Gasteiger partial charge in [0, 0.05) is 6.42 Å². The zero-order valence-corrected chi connectivity index (χ0v) is 12.8. The molecule has 0 bridgehead atoms. The van der Waals surface area contributed by atoms with E-state index in [-0.39, 0.29) is 6.42 Å². The second-order valence-electron chi connectivity index (χ2n) is 5.49. The molecule has 3 nitrogen and oxygen atoms in total. The van der Waals surface area contributed by atoms with Crippen molar-refractivity contribution in [2.24, 2.45) is 0 Å². The molecule has 0 aliphatic rings. The number of carbonyl (C=O) groups is 1. The van der Waals surface area contributed by atoms with Gasteiger partial charge in [0.05, 0.1) is 0 Å². The van der Waals surface area contributed by atoms with Gasteiger partial charge >= 0.3 is 12.0 Å². The third-order valence-electron chi connectivity index (χ3n) is 3.39. The summed E-state index contributed by atoms with van der Waals surface area (Å²) < 4.78 is 26.7. The molecule has 20 heavy (non-hydrogen) atoms. The van der Waals surface area contributed by atoms with E-state index >= 15 is 0 Å². The SMILES string of the molecule is CCCCCCCCCCCC(F)(F)NC(C)C(=O)O. The molecule has 0 radical (unpaired) electrons. The summed E-state index contributed by atoms with van der Waals surface area (Å²) in [6.45, 7) is 3.41. The van der Waals surface area contributed by atoms with E-state index in [0.29, 0.717) is 6.42 Å². The van der Waals surface area contributed by atoms with E-state index in [1.165, 1.54) is 39.0 Å². The van der Waals surface area contributed by atoms with E-state index in [4.69, 9.17) is 5.11 Å². The minimum atomic E-state index is -3.08. The topological polar surface area (TPSA) is 49.3 Å². The van der Waals surface area contributed by atoms with Gasteiger partial charge in [0.1, 0.15) is 6.04 Å². The molecule has 0 heterocycles. The molecule has 2 N–H and O–H groups in total. The molecular weight excluding hydrogens is 264 g/mol. The van der Waals surface area contributed by atoms with Crippen molar-refractivity contribution in [1.29, 1.82) is 0 Å². The maximum Gasteiger partial charge on any atom is 0.320 e. The Balaban J connectivity index is 3.51. The first kappa shape index (κ1) is 19.3. The fourth-order valence-corrected chi connectivity index (χ4v) is 2.11. The van der Waals surface area contributed by atoms with Crippen LogP contribution in [-0.4, -0.2) is 23.2 Å². The number of carboxylic acids is 1. The van der Waals surface area contributed by atoms with Crippen molar-refractivity contribution in [1.82, 2.24) is 5.32 Å². The number of hydrogen-bond donors (Lipinski definition) is 2. The summed E-state index contributed by atoms with van der Waals surface area (Å²) in [6.07, 6.45) is 9.22. The van der Waals surface area contributed by atoms with Gasteiger partial charge in [-0.25, -0.2) is 5.32 Å². The first-order chi connectivity index (χ1) is 9.39. The van der Waals surface area contributed by atoms with Gasteiger partial charge in [-0.05, 0) is 13.3 Å². The van der Waals surface area contributed by atoms with Gasteiger partial charge in [0.25, 0.3) is 0 Å². The van der Waals surface area contributed by atoms with Gasteiger partial charge in [-0.3, -0.25) is 4.79 Å². The van der Waals surface area contributed by atoms with Gasteiger partial charge in [-0.15, -0.1) is 0 Å². The molecule has 0 saturated heterocycles. The Labute approximate surface area is 121 Å². The molecule has 0 amide bonds. The molecule has 0 aliphatic heterocycles. The molecule has 0 aliphatic carbocycles. The molecule has 5 heteroatoms. The molecule has 0 aromatic heterocycles. The van der Waals surface area contributed by atoms with Gasteiger partial charge in [0.2, 0.25) is 0 Å². The van der Waals surface area contributed by atoms with Crippen LogP contribution in [0.5, 0.6) is 0 Å². The van der Waals surface area contributed by atoms with Crippen LogP contribution in [-0.2, 0) is 4.79 Å². The Morgan fingerprint density at radius 3 is 1.95 bits per heavy atom. The number of unbranched alkanes of at least 4 members (excludes halogenated alkanes) is 8. The highest BCUT2D eigenvalue weighted by atomic mass is 19.3. The smallest absolute Gasteiger partial charge is 0.320 e. The van der Waals surface area contributed by atoms with Crippen LogP contribution in [0.15, 0.2) is 0 Å². The fourth-order valence-electron chi connectivity index (χ4n) is 2.11. The number of carboxylic acid groups (broad SMARTS) is 1. The Morgan fingerprint density at radius 1 is 1.05 bits per heavy atom. The highest BCUT2D eigenvalue weighted by molar-refractivity contribution is 5.72. The summed E-state index contributed by atoms with van der Waals surface area (Å²) in [5.41, 5.74) is 0. The zero-order valence-electron chi connectivity index (χ0n) is 12.8. The van der Waals surface area contributed by atoms with Crippen LogP contribution in [0, 0.1) is 0 Å². The molecule has 1 atom stereocenters. The standard InChI is InChI=1S/C15H29F2NO2/c1-3-4-5-6-7-8-9-10-11-12-15(16,17)18-13(2)14(19)20/h13,18H,3-12H2,1-2H3,(H,19,20).